The van der Waals surface area contributed by atoms with Crippen LogP contribution in [0.5, 0.6) is 5.75 Å². The first-order chi connectivity index (χ1) is 4.20. The Kier molecular flexibility index (Phi) is 1.84. The highest BCUT2D eigenvalue weighted by Crippen LogP contribution is 2.23. The zero-order valence-corrected chi connectivity index (χ0v) is 5.91. The molecule has 0 fully saturated rings. The van der Waals surface area contributed by atoms with Crippen LogP contribution in [-0.2, 0) is 0 Å². The molecular formula is C6H3Cl2O-. The van der Waals surface area contributed by atoms with Gasteiger partial charge in [-0.15, -0.1) is 5.75 Å². The van der Waals surface area contributed by atoms with Crippen LogP contribution in [0, 0.1) is 0 Å². The van der Waals surface area contributed by atoms with E-state index in [0.717, 1.165) is 0 Å². The summed E-state index contributed by atoms with van der Waals surface area (Å²) in [5, 5.41) is 11.2. The molecule has 0 saturated carbocycles. The topological polar surface area (TPSA) is 23.1 Å². The van der Waals surface area contributed by atoms with Crippen molar-refractivity contribution in [3.05, 3.63) is 28.2 Å². The van der Waals surface area contributed by atoms with E-state index in [1.165, 1.54) is 18.2 Å². The minimum Gasteiger partial charge on any atom is -0.872 e. The summed E-state index contributed by atoms with van der Waals surface area (Å²) < 4.78 is 0. The fourth-order valence-electron chi connectivity index (χ4n) is 0.477. The summed E-state index contributed by atoms with van der Waals surface area (Å²) in [5.74, 6) is -0.121. The fourth-order valence-corrected chi connectivity index (χ4v) is 0.765. The van der Waals surface area contributed by atoms with Crippen molar-refractivity contribution < 1.29 is 5.11 Å². The van der Waals surface area contributed by atoms with E-state index in [0.29, 0.717) is 10.0 Å². The van der Waals surface area contributed by atoms with Crippen molar-refractivity contribution in [1.29, 1.82) is 0 Å². The molecule has 48 valence electrons. The molecule has 0 saturated heterocycles. The molecule has 0 aliphatic rings. The lowest BCUT2D eigenvalue weighted by molar-refractivity contribution is -0.268. The zero-order valence-electron chi connectivity index (χ0n) is 4.40. The standard InChI is InChI=1S/C6H4Cl2O/c7-5-2-1-4(9)3-6(5)8/h1-3,9H/p-1. The fraction of sp³-hybridized carbons (Fsp3) is 0. The van der Waals surface area contributed by atoms with Crippen LogP contribution in [-0.4, -0.2) is 0 Å². The van der Waals surface area contributed by atoms with Gasteiger partial charge in [-0.1, -0.05) is 29.3 Å². The van der Waals surface area contributed by atoms with Crippen LogP contribution >= 0.6 is 23.2 Å². The van der Waals surface area contributed by atoms with Crippen LogP contribution in [0.4, 0.5) is 0 Å². The van der Waals surface area contributed by atoms with Crippen molar-refractivity contribution in [1.82, 2.24) is 0 Å². The lowest BCUT2D eigenvalue weighted by Crippen LogP contribution is -1.87. The maximum Gasteiger partial charge on any atom is 0.0591 e. The van der Waals surface area contributed by atoms with Gasteiger partial charge in [-0.25, -0.2) is 0 Å². The van der Waals surface area contributed by atoms with Crippen LogP contribution in [0.25, 0.3) is 0 Å². The smallest absolute Gasteiger partial charge is 0.0591 e. The predicted octanol–water partition coefficient (Wildman–Crippen LogP) is 2.07. The van der Waals surface area contributed by atoms with E-state index in [1.54, 1.807) is 0 Å². The molecule has 0 aliphatic heterocycles. The Morgan fingerprint density at radius 3 is 2.22 bits per heavy atom. The van der Waals surface area contributed by atoms with Gasteiger partial charge in [0.15, 0.2) is 0 Å². The molecule has 0 aromatic heterocycles. The van der Waals surface area contributed by atoms with Crippen molar-refractivity contribution in [2.45, 2.75) is 0 Å². The van der Waals surface area contributed by atoms with Gasteiger partial charge in [0.2, 0.25) is 0 Å². The second-order valence-corrected chi connectivity index (χ2v) is 2.39. The molecule has 0 spiro atoms. The SMILES string of the molecule is [O-]c1ccc(Cl)c(Cl)c1. The normalized spacial score (nSPS) is 9.56. The third-order valence-electron chi connectivity index (χ3n) is 0.891. The average Bonchev–Trinajstić information content (AvgIpc) is 1.80. The van der Waals surface area contributed by atoms with Crippen molar-refractivity contribution in [3.8, 4) is 5.75 Å². The Morgan fingerprint density at radius 2 is 1.78 bits per heavy atom. The van der Waals surface area contributed by atoms with E-state index in [-0.39, 0.29) is 5.75 Å². The average molecular weight is 162 g/mol. The van der Waals surface area contributed by atoms with Crippen LogP contribution in [0.3, 0.4) is 0 Å². The molecule has 9 heavy (non-hydrogen) atoms. The first kappa shape index (κ1) is 6.72. The van der Waals surface area contributed by atoms with Gasteiger partial charge < -0.3 is 5.11 Å². The van der Waals surface area contributed by atoms with Crippen LogP contribution in [0.15, 0.2) is 18.2 Å². The Morgan fingerprint density at radius 1 is 1.11 bits per heavy atom. The van der Waals surface area contributed by atoms with E-state index in [9.17, 15) is 5.11 Å². The molecule has 1 rings (SSSR count). The van der Waals surface area contributed by atoms with E-state index in [2.05, 4.69) is 0 Å². The van der Waals surface area contributed by atoms with Crippen LogP contribution in [0.1, 0.15) is 0 Å². The van der Waals surface area contributed by atoms with E-state index < -0.39 is 0 Å². The van der Waals surface area contributed by atoms with E-state index >= 15 is 0 Å². The first-order valence-electron chi connectivity index (χ1n) is 2.32. The summed E-state index contributed by atoms with van der Waals surface area (Å²) in [6, 6.07) is 4.13. The minimum absolute atomic E-state index is 0.121. The van der Waals surface area contributed by atoms with Crippen molar-refractivity contribution in [2.75, 3.05) is 0 Å². The highest BCUT2D eigenvalue weighted by molar-refractivity contribution is 6.42. The summed E-state index contributed by atoms with van der Waals surface area (Å²) in [6.45, 7) is 0. The van der Waals surface area contributed by atoms with Crippen molar-refractivity contribution in [3.63, 3.8) is 0 Å². The summed E-state index contributed by atoms with van der Waals surface area (Å²) in [5.41, 5.74) is 0. The lowest BCUT2D eigenvalue weighted by Gasteiger charge is -2.03. The third-order valence-corrected chi connectivity index (χ3v) is 1.63. The summed E-state index contributed by atoms with van der Waals surface area (Å²) in [7, 11) is 0. The highest BCUT2D eigenvalue weighted by atomic mass is 35.5. The van der Waals surface area contributed by atoms with Gasteiger partial charge in [-0.2, -0.15) is 0 Å². The molecule has 3 heteroatoms. The van der Waals surface area contributed by atoms with E-state index in [1.807, 2.05) is 0 Å². The maximum absolute atomic E-state index is 10.5. The molecule has 0 amide bonds. The number of benzene rings is 1. The molecule has 0 atom stereocenters. The zero-order chi connectivity index (χ0) is 6.85. The molecule has 0 N–H and O–H groups in total. The quantitative estimate of drug-likeness (QED) is 0.572. The Balaban J connectivity index is 3.17. The molecule has 1 nitrogen and oxygen atoms in total. The van der Waals surface area contributed by atoms with Gasteiger partial charge >= 0.3 is 0 Å². The van der Waals surface area contributed by atoms with E-state index in [4.69, 9.17) is 23.2 Å². The molecule has 0 bridgehead atoms. The number of hydrogen-bond acceptors (Lipinski definition) is 1. The summed E-state index contributed by atoms with van der Waals surface area (Å²) in [4.78, 5) is 0. The minimum atomic E-state index is -0.121. The van der Waals surface area contributed by atoms with Gasteiger partial charge in [-0.05, 0) is 12.1 Å². The number of halogens is 2. The largest absolute Gasteiger partial charge is 0.872 e. The molecule has 0 aliphatic carbocycles. The summed E-state index contributed by atoms with van der Waals surface area (Å²) >= 11 is 11.0. The highest BCUT2D eigenvalue weighted by Gasteiger charge is 1.91. The second kappa shape index (κ2) is 2.46. The molecule has 1 aromatic carbocycles. The van der Waals surface area contributed by atoms with Gasteiger partial charge in [0.05, 0.1) is 10.0 Å². The Bertz CT molecular complexity index is 222. The molecular weight excluding hydrogens is 159 g/mol. The molecule has 0 radical (unpaired) electrons. The number of hydrogen-bond donors (Lipinski definition) is 0. The van der Waals surface area contributed by atoms with Crippen LogP contribution in [0.2, 0.25) is 10.0 Å². The first-order valence-corrected chi connectivity index (χ1v) is 3.08. The molecule has 0 unspecified atom stereocenters. The van der Waals surface area contributed by atoms with Gasteiger partial charge in [-0.3, -0.25) is 0 Å². The van der Waals surface area contributed by atoms with Crippen molar-refractivity contribution >= 4 is 23.2 Å². The Hall–Kier alpha value is -0.400. The monoisotopic (exact) mass is 161 g/mol. The predicted molar refractivity (Wildman–Crippen MR) is 35.9 cm³/mol. The molecule has 1 aromatic rings. The summed E-state index contributed by atoms with van der Waals surface area (Å²) in [6.07, 6.45) is 0. The third kappa shape index (κ3) is 1.50. The second-order valence-electron chi connectivity index (χ2n) is 1.58. The maximum atomic E-state index is 10.5. The van der Waals surface area contributed by atoms with Crippen molar-refractivity contribution in [2.24, 2.45) is 0 Å². The van der Waals surface area contributed by atoms with Crippen LogP contribution < -0.4 is 5.11 Å². The Labute approximate surface area is 62.8 Å². The van der Waals surface area contributed by atoms with Gasteiger partial charge in [0, 0.05) is 0 Å². The lowest BCUT2D eigenvalue weighted by atomic mass is 10.3. The molecule has 0 heterocycles. The van der Waals surface area contributed by atoms with Gasteiger partial charge in [0.25, 0.3) is 0 Å². The van der Waals surface area contributed by atoms with Gasteiger partial charge in [0.1, 0.15) is 0 Å². The number of rotatable bonds is 0.